The largest absolute Gasteiger partial charge is 0.488 e. The topological polar surface area (TPSA) is 35.5 Å². The maximum absolute atomic E-state index is 12.7. The summed E-state index contributed by atoms with van der Waals surface area (Å²) in [6, 6.07) is 11.8. The third-order valence-corrected chi connectivity index (χ3v) is 2.95. The van der Waals surface area contributed by atoms with Crippen LogP contribution in [-0.4, -0.2) is 13.1 Å². The Kier molecular flexibility index (Phi) is 4.70. The van der Waals surface area contributed by atoms with Crippen molar-refractivity contribution in [3.63, 3.8) is 0 Å². The number of rotatable bonds is 4. The highest BCUT2D eigenvalue weighted by atomic mass is 19.4. The monoisotopic (exact) mass is 310 g/mol. The van der Waals surface area contributed by atoms with E-state index in [1.54, 1.807) is 0 Å². The Balaban J connectivity index is 2.28. The van der Waals surface area contributed by atoms with Crippen LogP contribution in [0.4, 0.5) is 13.2 Å². The van der Waals surface area contributed by atoms with Crippen molar-refractivity contribution in [2.45, 2.75) is 12.8 Å². The molecule has 0 aliphatic carbocycles. The van der Waals surface area contributed by atoms with Gasteiger partial charge in [0.25, 0.3) is 0 Å². The van der Waals surface area contributed by atoms with Crippen LogP contribution in [0.1, 0.15) is 21.5 Å². The Labute approximate surface area is 125 Å². The molecule has 0 unspecified atom stereocenters. The first-order valence-corrected chi connectivity index (χ1v) is 6.38. The second-order valence-electron chi connectivity index (χ2n) is 4.47. The molecule has 0 bridgehead atoms. The zero-order chi connectivity index (χ0) is 16.2. The molecule has 0 saturated carbocycles. The number of esters is 1. The van der Waals surface area contributed by atoms with Gasteiger partial charge in [0.1, 0.15) is 17.9 Å². The normalized spacial score (nSPS) is 11.1. The fourth-order valence-electron chi connectivity index (χ4n) is 1.84. The van der Waals surface area contributed by atoms with Gasteiger partial charge < -0.3 is 9.47 Å². The van der Waals surface area contributed by atoms with Crippen LogP contribution in [0.15, 0.2) is 48.5 Å². The van der Waals surface area contributed by atoms with Crippen molar-refractivity contribution in [3.05, 3.63) is 65.2 Å². The lowest BCUT2D eigenvalue weighted by atomic mass is 10.1. The molecule has 2 aromatic carbocycles. The summed E-state index contributed by atoms with van der Waals surface area (Å²) in [5, 5.41) is 0. The first-order chi connectivity index (χ1) is 10.4. The lowest BCUT2D eigenvalue weighted by molar-refractivity contribution is -0.137. The summed E-state index contributed by atoms with van der Waals surface area (Å²) in [7, 11) is 1.10. The zero-order valence-electron chi connectivity index (χ0n) is 11.7. The zero-order valence-corrected chi connectivity index (χ0v) is 11.7. The van der Waals surface area contributed by atoms with Gasteiger partial charge in [-0.3, -0.25) is 0 Å². The van der Waals surface area contributed by atoms with Crippen LogP contribution in [0.2, 0.25) is 0 Å². The lowest BCUT2D eigenvalue weighted by Gasteiger charge is -2.13. The number of hydrogen-bond acceptors (Lipinski definition) is 3. The standard InChI is InChI=1S/C16H13F3O3/c1-21-15(20)13-9-12(16(17,18)19)7-8-14(13)22-10-11-5-3-2-4-6-11/h2-9H,10H2,1H3. The third kappa shape index (κ3) is 3.78. The first-order valence-electron chi connectivity index (χ1n) is 6.38. The van der Waals surface area contributed by atoms with Crippen molar-refractivity contribution in [1.82, 2.24) is 0 Å². The van der Waals surface area contributed by atoms with Crippen LogP contribution in [0.5, 0.6) is 5.75 Å². The minimum atomic E-state index is -4.54. The molecular weight excluding hydrogens is 297 g/mol. The van der Waals surface area contributed by atoms with E-state index < -0.39 is 17.7 Å². The molecule has 0 spiro atoms. The summed E-state index contributed by atoms with van der Waals surface area (Å²) in [4.78, 5) is 11.7. The molecule has 0 heterocycles. The first kappa shape index (κ1) is 15.9. The number of carbonyl (C=O) groups is 1. The highest BCUT2D eigenvalue weighted by molar-refractivity contribution is 5.92. The molecule has 116 valence electrons. The molecule has 0 aromatic heterocycles. The summed E-state index contributed by atoms with van der Waals surface area (Å²) in [6.07, 6.45) is -4.54. The lowest BCUT2D eigenvalue weighted by Crippen LogP contribution is -2.10. The molecule has 0 saturated heterocycles. The van der Waals surface area contributed by atoms with Crippen molar-refractivity contribution >= 4 is 5.97 Å². The highest BCUT2D eigenvalue weighted by Gasteiger charge is 2.32. The van der Waals surface area contributed by atoms with Gasteiger partial charge in [-0.15, -0.1) is 0 Å². The predicted molar refractivity (Wildman–Crippen MR) is 73.6 cm³/mol. The molecule has 3 nitrogen and oxygen atoms in total. The summed E-state index contributed by atoms with van der Waals surface area (Å²) in [5.74, 6) is -0.835. The van der Waals surface area contributed by atoms with Crippen LogP contribution in [0.3, 0.4) is 0 Å². The van der Waals surface area contributed by atoms with Gasteiger partial charge >= 0.3 is 12.1 Å². The summed E-state index contributed by atoms with van der Waals surface area (Å²) >= 11 is 0. The van der Waals surface area contributed by atoms with Gasteiger partial charge in [0.05, 0.1) is 12.7 Å². The average Bonchev–Trinajstić information content (AvgIpc) is 2.52. The second kappa shape index (κ2) is 6.51. The van der Waals surface area contributed by atoms with E-state index >= 15 is 0 Å². The Morgan fingerprint density at radius 3 is 2.36 bits per heavy atom. The van der Waals surface area contributed by atoms with Gasteiger partial charge in [-0.1, -0.05) is 30.3 Å². The maximum atomic E-state index is 12.7. The average molecular weight is 310 g/mol. The van der Waals surface area contributed by atoms with E-state index in [9.17, 15) is 18.0 Å². The summed E-state index contributed by atoms with van der Waals surface area (Å²) in [5.41, 5.74) is -0.355. The van der Waals surface area contributed by atoms with Crippen LogP contribution >= 0.6 is 0 Å². The van der Waals surface area contributed by atoms with E-state index in [1.807, 2.05) is 30.3 Å². The van der Waals surface area contributed by atoms with E-state index in [0.29, 0.717) is 0 Å². The number of benzene rings is 2. The molecule has 0 fully saturated rings. The molecular formula is C16H13F3O3. The molecule has 0 aliphatic rings. The van der Waals surface area contributed by atoms with Crippen molar-refractivity contribution in [3.8, 4) is 5.75 Å². The number of carbonyl (C=O) groups excluding carboxylic acids is 1. The van der Waals surface area contributed by atoms with Gasteiger partial charge in [-0.05, 0) is 23.8 Å². The van der Waals surface area contributed by atoms with E-state index in [0.717, 1.165) is 30.9 Å². The quantitative estimate of drug-likeness (QED) is 0.799. The Hall–Kier alpha value is -2.50. The molecule has 0 radical (unpaired) electrons. The molecule has 0 aliphatic heterocycles. The van der Waals surface area contributed by atoms with Crippen molar-refractivity contribution in [2.24, 2.45) is 0 Å². The van der Waals surface area contributed by atoms with E-state index in [1.165, 1.54) is 0 Å². The highest BCUT2D eigenvalue weighted by Crippen LogP contribution is 2.33. The van der Waals surface area contributed by atoms with Gasteiger partial charge in [-0.25, -0.2) is 4.79 Å². The van der Waals surface area contributed by atoms with Crippen LogP contribution in [-0.2, 0) is 17.5 Å². The van der Waals surface area contributed by atoms with Gasteiger partial charge in [0, 0.05) is 0 Å². The molecule has 0 N–H and O–H groups in total. The Bertz CT molecular complexity index is 651. The molecule has 22 heavy (non-hydrogen) atoms. The van der Waals surface area contributed by atoms with E-state index in [2.05, 4.69) is 4.74 Å². The molecule has 2 aromatic rings. The van der Waals surface area contributed by atoms with Crippen molar-refractivity contribution < 1.29 is 27.4 Å². The number of ether oxygens (including phenoxy) is 2. The maximum Gasteiger partial charge on any atom is 0.416 e. The fraction of sp³-hybridized carbons (Fsp3) is 0.188. The van der Waals surface area contributed by atoms with Gasteiger partial charge in [0.15, 0.2) is 0 Å². The van der Waals surface area contributed by atoms with Crippen LogP contribution < -0.4 is 4.74 Å². The second-order valence-corrected chi connectivity index (χ2v) is 4.47. The van der Waals surface area contributed by atoms with Crippen molar-refractivity contribution in [2.75, 3.05) is 7.11 Å². The summed E-state index contributed by atoms with van der Waals surface area (Å²) < 4.78 is 48.1. The van der Waals surface area contributed by atoms with E-state index in [-0.39, 0.29) is 17.9 Å². The third-order valence-electron chi connectivity index (χ3n) is 2.95. The molecule has 0 atom stereocenters. The van der Waals surface area contributed by atoms with Crippen LogP contribution in [0, 0.1) is 0 Å². The molecule has 2 rings (SSSR count). The fourth-order valence-corrected chi connectivity index (χ4v) is 1.84. The van der Waals surface area contributed by atoms with Crippen molar-refractivity contribution in [1.29, 1.82) is 0 Å². The van der Waals surface area contributed by atoms with E-state index in [4.69, 9.17) is 4.74 Å². The minimum absolute atomic E-state index is 0.0451. The van der Waals surface area contributed by atoms with Gasteiger partial charge in [-0.2, -0.15) is 13.2 Å². The van der Waals surface area contributed by atoms with Crippen LogP contribution in [0.25, 0.3) is 0 Å². The number of hydrogen-bond donors (Lipinski definition) is 0. The Morgan fingerprint density at radius 2 is 1.77 bits per heavy atom. The summed E-state index contributed by atoms with van der Waals surface area (Å²) in [6.45, 7) is 0.135. The van der Waals surface area contributed by atoms with Gasteiger partial charge in [0.2, 0.25) is 0 Å². The number of methoxy groups -OCH3 is 1. The predicted octanol–water partition coefficient (Wildman–Crippen LogP) is 4.07. The SMILES string of the molecule is COC(=O)c1cc(C(F)(F)F)ccc1OCc1ccccc1. The number of alkyl halides is 3. The smallest absolute Gasteiger partial charge is 0.416 e. The Morgan fingerprint density at radius 1 is 1.09 bits per heavy atom. The number of halogens is 3. The molecule has 0 amide bonds. The minimum Gasteiger partial charge on any atom is -0.488 e. The molecule has 6 heteroatoms.